The second-order valence-corrected chi connectivity index (χ2v) is 14.2. The number of hydrogen-bond acceptors (Lipinski definition) is 8. The molecule has 2 aromatic heterocycles. The molecule has 1 aliphatic rings. The highest BCUT2D eigenvalue weighted by Crippen LogP contribution is 2.55. The molecule has 1 aliphatic carbocycles. The minimum atomic E-state index is -4.82. The van der Waals surface area contributed by atoms with E-state index >= 15 is 0 Å². The van der Waals surface area contributed by atoms with Gasteiger partial charge in [-0.05, 0) is 61.2 Å². The second-order valence-electron chi connectivity index (χ2n) is 12.4. The van der Waals surface area contributed by atoms with Crippen molar-refractivity contribution in [2.24, 2.45) is 0 Å². The van der Waals surface area contributed by atoms with Gasteiger partial charge in [-0.3, -0.25) is 18.9 Å². The van der Waals surface area contributed by atoms with Crippen molar-refractivity contribution in [3.05, 3.63) is 88.0 Å². The van der Waals surface area contributed by atoms with Crippen LogP contribution in [0, 0.1) is 6.92 Å². The lowest BCUT2D eigenvalue weighted by Gasteiger charge is -2.21. The van der Waals surface area contributed by atoms with E-state index in [1.807, 2.05) is 0 Å². The molecular weight excluding hydrogens is 736 g/mol. The lowest BCUT2D eigenvalue weighted by molar-refractivity contribution is -0.154. The number of aromatic amines is 1. The molecule has 18 heteroatoms. The predicted octanol–water partition coefficient (Wildman–Crippen LogP) is 6.36. The van der Waals surface area contributed by atoms with Gasteiger partial charge >= 0.3 is 12.4 Å². The second kappa shape index (κ2) is 13.5. The zero-order valence-electron chi connectivity index (χ0n) is 28.2. The third kappa shape index (κ3) is 7.45. The van der Waals surface area contributed by atoms with Crippen LogP contribution in [0.2, 0.25) is 0 Å². The molecule has 0 spiro atoms. The Morgan fingerprint density at radius 3 is 2.09 bits per heavy atom. The summed E-state index contributed by atoms with van der Waals surface area (Å²) in [7, 11) is -1.45. The Morgan fingerprint density at radius 1 is 0.906 bits per heavy atom. The van der Waals surface area contributed by atoms with Crippen molar-refractivity contribution in [1.82, 2.24) is 14.3 Å². The fourth-order valence-corrected chi connectivity index (χ4v) is 7.53. The van der Waals surface area contributed by atoms with Crippen LogP contribution in [0.25, 0.3) is 27.4 Å². The fourth-order valence-electron chi connectivity index (χ4n) is 6.36. The van der Waals surface area contributed by atoms with Gasteiger partial charge in [-0.15, -0.1) is 0 Å². The minimum absolute atomic E-state index is 0.132. The molecule has 2 N–H and O–H groups in total. The molecular formula is C35H31F6N3O8S. The van der Waals surface area contributed by atoms with E-state index in [1.54, 1.807) is 18.2 Å². The zero-order chi connectivity index (χ0) is 38.5. The Kier molecular flexibility index (Phi) is 9.55. The summed E-state index contributed by atoms with van der Waals surface area (Å²) < 4.78 is 130. The molecule has 0 radical (unpaired) electrons. The van der Waals surface area contributed by atoms with Gasteiger partial charge in [-0.2, -0.15) is 26.3 Å². The van der Waals surface area contributed by atoms with Crippen LogP contribution in [-0.2, 0) is 26.0 Å². The van der Waals surface area contributed by atoms with Crippen molar-refractivity contribution in [2.45, 2.75) is 43.3 Å². The highest BCUT2D eigenvalue weighted by molar-refractivity contribution is 7.89. The van der Waals surface area contributed by atoms with E-state index in [0.29, 0.717) is 35.5 Å². The number of hydrogen-bond donors (Lipinski definition) is 2. The molecule has 11 nitrogen and oxygen atoms in total. The van der Waals surface area contributed by atoms with Gasteiger partial charge in [0.05, 0.1) is 52.9 Å². The third-order valence-electron chi connectivity index (χ3n) is 8.74. The van der Waals surface area contributed by atoms with Gasteiger partial charge in [0, 0.05) is 17.8 Å². The highest BCUT2D eigenvalue weighted by Gasteiger charge is 2.55. The van der Waals surface area contributed by atoms with Crippen LogP contribution < -0.4 is 29.2 Å². The number of sulfonamides is 1. The highest BCUT2D eigenvalue weighted by atomic mass is 32.2. The number of nitrogens with zero attached hydrogens (tertiary/aromatic N) is 1. The van der Waals surface area contributed by atoms with Crippen molar-refractivity contribution in [1.29, 1.82) is 0 Å². The summed E-state index contributed by atoms with van der Waals surface area (Å²) in [6, 6.07) is 11.7. The molecule has 1 fully saturated rings. The van der Waals surface area contributed by atoms with Gasteiger partial charge in [-0.25, -0.2) is 8.42 Å². The molecule has 1 amide bonds. The number of pyridine rings is 1. The summed E-state index contributed by atoms with van der Waals surface area (Å²) in [5.74, 6) is -1.66. The van der Waals surface area contributed by atoms with Crippen molar-refractivity contribution >= 4 is 37.6 Å². The lowest BCUT2D eigenvalue weighted by atomic mass is 9.93. The topological polar surface area (TPSA) is 138 Å². The van der Waals surface area contributed by atoms with E-state index in [-0.39, 0.29) is 27.5 Å². The third-order valence-corrected chi connectivity index (χ3v) is 9.95. The Morgan fingerprint density at radius 2 is 1.53 bits per heavy atom. The van der Waals surface area contributed by atoms with Crippen molar-refractivity contribution < 1.29 is 58.5 Å². The predicted molar refractivity (Wildman–Crippen MR) is 180 cm³/mol. The Balaban J connectivity index is 1.35. The summed E-state index contributed by atoms with van der Waals surface area (Å²) >= 11 is 0. The van der Waals surface area contributed by atoms with Crippen LogP contribution in [0.3, 0.4) is 0 Å². The molecule has 0 bridgehead atoms. The first-order valence-electron chi connectivity index (χ1n) is 15.8. The Labute approximate surface area is 297 Å². The van der Waals surface area contributed by atoms with Crippen molar-refractivity contribution in [3.63, 3.8) is 0 Å². The van der Waals surface area contributed by atoms with Gasteiger partial charge in [0.1, 0.15) is 17.2 Å². The SMILES string of the molecule is COc1cccc(OC)c1C1(C(=O)NS(=O)(=O)Cc2ccc(-n3cc4c(OCC(F)(F)F)c5[nH]cccc5c(OCC(F)(F)F)c4c3=O)c(C)c2)CC1. The molecule has 0 saturated heterocycles. The monoisotopic (exact) mass is 767 g/mol. The first-order chi connectivity index (χ1) is 24.9. The van der Waals surface area contributed by atoms with Crippen LogP contribution in [0.1, 0.15) is 29.5 Å². The number of ether oxygens (including phenoxy) is 4. The van der Waals surface area contributed by atoms with E-state index < -0.39 is 75.1 Å². The van der Waals surface area contributed by atoms with Crippen LogP contribution in [0.4, 0.5) is 26.3 Å². The minimum Gasteiger partial charge on any atom is -0.496 e. The number of alkyl halides is 6. The number of aryl methyl sites for hydroxylation is 1. The number of rotatable bonds is 12. The maximum Gasteiger partial charge on any atom is 0.422 e. The number of halogens is 6. The summed E-state index contributed by atoms with van der Waals surface area (Å²) in [5.41, 5.74) is -1.19. The normalized spacial score (nSPS) is 14.3. The molecule has 5 aromatic rings. The summed E-state index contributed by atoms with van der Waals surface area (Å²) in [6.07, 6.45) is -6.49. The number of fused-ring (bicyclic) bond motifs is 2. The largest absolute Gasteiger partial charge is 0.496 e. The van der Waals surface area contributed by atoms with E-state index in [9.17, 15) is 44.3 Å². The molecule has 3 aromatic carbocycles. The van der Waals surface area contributed by atoms with Crippen LogP contribution in [0.5, 0.6) is 23.0 Å². The first kappa shape index (κ1) is 37.4. The Bertz CT molecular complexity index is 2380. The molecule has 6 rings (SSSR count). The smallest absolute Gasteiger partial charge is 0.422 e. The van der Waals surface area contributed by atoms with E-state index in [1.165, 1.54) is 57.7 Å². The van der Waals surface area contributed by atoms with Gasteiger partial charge in [0.15, 0.2) is 19.0 Å². The lowest BCUT2D eigenvalue weighted by Crippen LogP contribution is -2.39. The van der Waals surface area contributed by atoms with Gasteiger partial charge in [-0.1, -0.05) is 18.2 Å². The molecule has 1 saturated carbocycles. The number of carbonyl (C=O) groups is 1. The molecule has 0 atom stereocenters. The van der Waals surface area contributed by atoms with E-state index in [2.05, 4.69) is 9.71 Å². The van der Waals surface area contributed by atoms with E-state index in [4.69, 9.17) is 18.9 Å². The maximum absolute atomic E-state index is 13.9. The number of amides is 1. The van der Waals surface area contributed by atoms with Gasteiger partial charge < -0.3 is 23.9 Å². The molecule has 0 unspecified atom stereocenters. The van der Waals surface area contributed by atoms with Crippen LogP contribution in [-0.4, -0.2) is 63.7 Å². The first-order valence-corrected chi connectivity index (χ1v) is 17.5. The zero-order valence-corrected chi connectivity index (χ0v) is 29.0. The number of H-pyrrole nitrogens is 1. The molecule has 282 valence electrons. The average molecular weight is 768 g/mol. The average Bonchev–Trinajstić information content (AvgIpc) is 3.82. The maximum atomic E-state index is 13.9. The van der Waals surface area contributed by atoms with Crippen LogP contribution >= 0.6 is 0 Å². The van der Waals surface area contributed by atoms with Crippen LogP contribution in [0.15, 0.2) is 65.7 Å². The van der Waals surface area contributed by atoms with Gasteiger partial charge in [0.2, 0.25) is 15.9 Å². The van der Waals surface area contributed by atoms with Crippen molar-refractivity contribution in [3.8, 4) is 28.7 Å². The summed E-state index contributed by atoms with van der Waals surface area (Å²) in [5, 5.41) is -0.860. The molecule has 0 aliphatic heterocycles. The number of methoxy groups -OCH3 is 2. The number of carbonyl (C=O) groups excluding carboxylic acids is 1. The number of benzene rings is 3. The summed E-state index contributed by atoms with van der Waals surface area (Å²) in [6.45, 7) is -2.05. The summed E-state index contributed by atoms with van der Waals surface area (Å²) in [4.78, 5) is 30.1. The number of nitrogens with one attached hydrogen (secondary N) is 2. The quantitative estimate of drug-likeness (QED) is 0.140. The van der Waals surface area contributed by atoms with Gasteiger partial charge in [0.25, 0.3) is 5.56 Å². The number of aromatic nitrogens is 2. The standard InChI is InChI=1S/C35H31F6N3O8S/c1-19-14-20(16-53(47,48)43-32(46)33(11-12-33)27-24(49-2)7-4-8-25(27)50-3)9-10-23(19)44-15-22-26(31(44)45)29(51-17-34(36,37)38)21-6-5-13-42-28(21)30(22)52-18-35(39,40)41/h4-10,13-15,42H,11-12,16-18H2,1-3H3,(H,43,46). The van der Waals surface area contributed by atoms with E-state index in [0.717, 1.165) is 10.8 Å². The van der Waals surface area contributed by atoms with Crippen molar-refractivity contribution in [2.75, 3.05) is 27.4 Å². The Hall–Kier alpha value is -5.39. The fraction of sp³-hybridized carbons (Fsp3) is 0.314. The molecule has 53 heavy (non-hydrogen) atoms. The molecule has 2 heterocycles.